The van der Waals surface area contributed by atoms with Crippen LogP contribution in [0, 0.1) is 22.7 Å². The number of ether oxygens (including phenoxy) is 1. The molecule has 18 rings (SSSR count). The highest BCUT2D eigenvalue weighted by atomic mass is 32.1. The van der Waals surface area contributed by atoms with Crippen LogP contribution in [0.15, 0.2) is 237 Å². The van der Waals surface area contributed by atoms with Crippen LogP contribution in [0.5, 0.6) is 11.5 Å². The Bertz CT molecular complexity index is 5880. The van der Waals surface area contributed by atoms with E-state index < -0.39 is 0 Å². The van der Waals surface area contributed by atoms with Gasteiger partial charge in [-0.3, -0.25) is 0 Å². The number of anilines is 3. The van der Waals surface area contributed by atoms with Gasteiger partial charge >= 0.3 is 0 Å². The van der Waals surface area contributed by atoms with Crippen molar-refractivity contribution in [1.29, 1.82) is 10.5 Å². The number of fused-ring (bicyclic) bond motifs is 17. The predicted molar refractivity (Wildman–Crippen MR) is 380 cm³/mol. The highest BCUT2D eigenvalue weighted by Crippen LogP contribution is 2.51. The van der Waals surface area contributed by atoms with Crippen molar-refractivity contribution < 1.29 is 4.74 Å². The molecule has 6 heterocycles. The summed E-state index contributed by atoms with van der Waals surface area (Å²) in [7, 11) is 0. The second-order valence-electron chi connectivity index (χ2n) is 26.7. The van der Waals surface area contributed by atoms with E-state index in [1.165, 1.54) is 47.5 Å². The lowest BCUT2D eigenvalue weighted by Crippen LogP contribution is -2.59. The van der Waals surface area contributed by atoms with Crippen LogP contribution in [-0.4, -0.2) is 20.4 Å². The van der Waals surface area contributed by atoms with Gasteiger partial charge in [0.1, 0.15) is 11.5 Å². The summed E-state index contributed by atoms with van der Waals surface area (Å²) in [6.07, 6.45) is 0. The van der Waals surface area contributed by atoms with Crippen LogP contribution >= 0.6 is 11.3 Å². The zero-order valence-corrected chi connectivity index (χ0v) is 51.9. The summed E-state index contributed by atoms with van der Waals surface area (Å²) in [6.45, 7) is 13.5. The van der Waals surface area contributed by atoms with Crippen molar-refractivity contribution in [2.75, 3.05) is 4.90 Å². The summed E-state index contributed by atoms with van der Waals surface area (Å²) < 4.78 is 17.4. The molecule has 0 saturated carbocycles. The van der Waals surface area contributed by atoms with Crippen LogP contribution in [0.25, 0.3) is 114 Å². The lowest BCUT2D eigenvalue weighted by Gasteiger charge is -2.41. The first-order valence-corrected chi connectivity index (χ1v) is 32.0. The van der Waals surface area contributed by atoms with Crippen LogP contribution in [0.2, 0.25) is 0 Å². The number of hydrogen-bond donors (Lipinski definition) is 0. The quantitative estimate of drug-likeness (QED) is 0.161. The molecule has 0 bridgehead atoms. The molecule has 0 N–H and O–H groups in total. The molecule has 0 atom stereocenters. The summed E-state index contributed by atoms with van der Waals surface area (Å²) >= 11 is 1.86. The Labute approximate surface area is 530 Å². The molecule has 0 saturated heterocycles. The largest absolute Gasteiger partial charge is 0.458 e. The van der Waals surface area contributed by atoms with E-state index in [9.17, 15) is 10.5 Å². The summed E-state index contributed by atoms with van der Waals surface area (Å²) in [5, 5.41) is 29.5. The fourth-order valence-corrected chi connectivity index (χ4v) is 16.4. The van der Waals surface area contributed by atoms with Gasteiger partial charge in [0.2, 0.25) is 0 Å². The van der Waals surface area contributed by atoms with Crippen LogP contribution in [0.1, 0.15) is 63.8 Å². The zero-order chi connectivity index (χ0) is 61.3. The van der Waals surface area contributed by atoms with Crippen molar-refractivity contribution >= 4 is 137 Å². The standard InChI is InChI=1S/C82H57BN6OS/c1-81(2,3)51-30-36-68-61(40-51)62-41-52(82(4,5)6)31-37-69(62)87(68)54-42-72-78-75(44-54)90-74-43-53(86-65-25-15-11-21-56(65)59-38-48(46-84)28-34-67(59)86)32-33-63(74)83(78)79-73(89(72)64-24-14-10-20-55(64)50-18-8-7-9-19-50)45-71(77-58-23-13-17-27-76(58)91-80(77)79)88-66-26-16-12-22-57(66)60-39-49(47-85)29-35-70(60)88/h7-45H,1-6H3. The number of nitrogens with zero attached hydrogens (tertiary/aromatic N) is 6. The van der Waals surface area contributed by atoms with E-state index in [1.54, 1.807) is 0 Å². The van der Waals surface area contributed by atoms with E-state index in [-0.39, 0.29) is 17.5 Å². The van der Waals surface area contributed by atoms with E-state index >= 15 is 0 Å². The molecule has 7 nitrogen and oxygen atoms in total. The predicted octanol–water partition coefficient (Wildman–Crippen LogP) is 19.8. The molecule has 430 valence electrons. The fraction of sp³-hybridized carbons (Fsp3) is 0.0976. The highest BCUT2D eigenvalue weighted by Gasteiger charge is 2.45. The van der Waals surface area contributed by atoms with Crippen LogP contribution < -0.4 is 26.0 Å². The van der Waals surface area contributed by atoms with Crippen LogP contribution in [0.4, 0.5) is 17.1 Å². The van der Waals surface area contributed by atoms with Crippen molar-refractivity contribution in [2.45, 2.75) is 52.4 Å². The maximum atomic E-state index is 10.4. The minimum absolute atomic E-state index is 0.0777. The molecule has 0 fully saturated rings. The topological polar surface area (TPSA) is 74.8 Å². The normalized spacial score (nSPS) is 13.0. The SMILES string of the molecule is CC(C)(C)c1ccc2c(c1)c1cc(C(C)(C)C)ccc1n2-c1cc2c3c(c1)N(c1ccccc1-c1ccccc1)c1cc(-n4c5ccccc5c5cc(C#N)ccc54)c4c(sc5ccccc54)c1B3c1ccc(-n3c4ccccc4c4cc(C#N)ccc43)cc1O2. The molecule has 91 heavy (non-hydrogen) atoms. The van der Waals surface area contributed by atoms with E-state index in [4.69, 9.17) is 4.74 Å². The second-order valence-corrected chi connectivity index (χ2v) is 27.7. The number of rotatable bonds is 5. The third kappa shape index (κ3) is 7.72. The Morgan fingerprint density at radius 2 is 0.912 bits per heavy atom. The average Bonchev–Trinajstić information content (AvgIpc) is 1.67. The molecule has 0 spiro atoms. The molecular weight excluding hydrogens is 1130 g/mol. The molecule has 0 radical (unpaired) electrons. The zero-order valence-electron chi connectivity index (χ0n) is 51.1. The van der Waals surface area contributed by atoms with Gasteiger partial charge in [-0.1, -0.05) is 163 Å². The Balaban J connectivity index is 1.00. The second kappa shape index (κ2) is 19.2. The monoisotopic (exact) mass is 1180 g/mol. The van der Waals surface area contributed by atoms with Crippen molar-refractivity contribution in [3.63, 3.8) is 0 Å². The van der Waals surface area contributed by atoms with Gasteiger partial charge in [0, 0.05) is 87.2 Å². The van der Waals surface area contributed by atoms with Crippen molar-refractivity contribution in [3.05, 3.63) is 259 Å². The van der Waals surface area contributed by atoms with E-state index in [1.807, 2.05) is 29.5 Å². The van der Waals surface area contributed by atoms with Gasteiger partial charge in [0.15, 0.2) is 0 Å². The molecule has 2 aliphatic rings. The lowest BCUT2D eigenvalue weighted by molar-refractivity contribution is 0.487. The molecule has 0 unspecified atom stereocenters. The van der Waals surface area contributed by atoms with Crippen LogP contribution in [-0.2, 0) is 10.8 Å². The number of hydrogen-bond acceptors (Lipinski definition) is 5. The van der Waals surface area contributed by atoms with E-state index in [2.05, 4.69) is 291 Å². The maximum absolute atomic E-state index is 10.4. The molecule has 12 aromatic carbocycles. The first kappa shape index (κ1) is 53.0. The summed E-state index contributed by atoms with van der Waals surface area (Å²) in [5.41, 5.74) is 21.8. The summed E-state index contributed by atoms with van der Waals surface area (Å²) in [6, 6.07) is 91.0. The van der Waals surface area contributed by atoms with Gasteiger partial charge in [0.05, 0.1) is 73.4 Å². The van der Waals surface area contributed by atoms with Gasteiger partial charge in [-0.15, -0.1) is 11.3 Å². The lowest BCUT2D eigenvalue weighted by atomic mass is 9.34. The van der Waals surface area contributed by atoms with Crippen molar-refractivity contribution in [2.24, 2.45) is 0 Å². The van der Waals surface area contributed by atoms with Crippen LogP contribution in [0.3, 0.4) is 0 Å². The molecule has 4 aromatic heterocycles. The van der Waals surface area contributed by atoms with Gasteiger partial charge in [-0.2, -0.15) is 10.5 Å². The third-order valence-corrected chi connectivity index (χ3v) is 20.6. The Morgan fingerprint density at radius 3 is 1.56 bits per heavy atom. The van der Waals surface area contributed by atoms with Gasteiger partial charge in [-0.25, -0.2) is 0 Å². The number of aromatic nitrogens is 3. The fourth-order valence-electron chi connectivity index (χ4n) is 15.2. The van der Waals surface area contributed by atoms with Crippen molar-refractivity contribution in [1.82, 2.24) is 13.7 Å². The smallest absolute Gasteiger partial charge is 0.258 e. The first-order chi connectivity index (χ1) is 44.3. The Morgan fingerprint density at radius 1 is 0.396 bits per heavy atom. The van der Waals surface area contributed by atoms with Gasteiger partial charge < -0.3 is 23.3 Å². The van der Waals surface area contributed by atoms with Crippen molar-refractivity contribution in [3.8, 4) is 51.8 Å². The summed E-state index contributed by atoms with van der Waals surface area (Å²) in [5.74, 6) is 1.57. The number of nitriles is 2. The summed E-state index contributed by atoms with van der Waals surface area (Å²) in [4.78, 5) is 2.56. The minimum atomic E-state index is -0.300. The van der Waals surface area contributed by atoms with Gasteiger partial charge in [-0.05, 0) is 147 Å². The number of thiophene rings is 1. The molecule has 9 heteroatoms. The average molecular weight is 1190 g/mol. The van der Waals surface area contributed by atoms with Gasteiger partial charge in [0.25, 0.3) is 6.71 Å². The molecule has 0 amide bonds. The minimum Gasteiger partial charge on any atom is -0.458 e. The molecule has 2 aliphatic heterocycles. The molecular formula is C82H57BN6OS. The maximum Gasteiger partial charge on any atom is 0.258 e. The number of benzene rings is 12. The van der Waals surface area contributed by atoms with E-state index in [0.717, 1.165) is 122 Å². The molecule has 16 aromatic rings. The first-order valence-electron chi connectivity index (χ1n) is 31.2. The Kier molecular flexibility index (Phi) is 11.2. The Hall–Kier alpha value is -11.1. The molecule has 0 aliphatic carbocycles. The highest BCUT2D eigenvalue weighted by molar-refractivity contribution is 7.28. The van der Waals surface area contributed by atoms with E-state index in [0.29, 0.717) is 11.1 Å². The number of para-hydroxylation sites is 3. The third-order valence-electron chi connectivity index (χ3n) is 19.4.